The summed E-state index contributed by atoms with van der Waals surface area (Å²) in [5, 5.41) is 5.72. The van der Waals surface area contributed by atoms with Crippen molar-refractivity contribution in [2.75, 3.05) is 10.6 Å². The van der Waals surface area contributed by atoms with Gasteiger partial charge in [0.2, 0.25) is 5.95 Å². The van der Waals surface area contributed by atoms with Gasteiger partial charge in [0.15, 0.2) is 0 Å². The first-order valence-corrected chi connectivity index (χ1v) is 9.26. The lowest BCUT2D eigenvalue weighted by Crippen LogP contribution is -2.13. The van der Waals surface area contributed by atoms with Gasteiger partial charge in [0.05, 0.1) is 5.69 Å². The van der Waals surface area contributed by atoms with Gasteiger partial charge in [-0.15, -0.1) is 0 Å². The van der Waals surface area contributed by atoms with Crippen molar-refractivity contribution in [3.63, 3.8) is 0 Å². The van der Waals surface area contributed by atoms with Crippen LogP contribution in [0.25, 0.3) is 0 Å². The molecular formula is C19H16F3IN4. The quantitative estimate of drug-likeness (QED) is 0.427. The maximum Gasteiger partial charge on any atom is 0.421 e. The number of benzene rings is 2. The molecule has 140 valence electrons. The van der Waals surface area contributed by atoms with E-state index in [-0.39, 0.29) is 11.8 Å². The molecule has 0 saturated carbocycles. The molecule has 1 heterocycles. The minimum absolute atomic E-state index is 0.0840. The van der Waals surface area contributed by atoms with Crippen LogP contribution in [0.4, 0.5) is 36.3 Å². The van der Waals surface area contributed by atoms with Crippen molar-refractivity contribution in [1.82, 2.24) is 9.97 Å². The van der Waals surface area contributed by atoms with E-state index in [0.717, 1.165) is 21.8 Å². The van der Waals surface area contributed by atoms with Gasteiger partial charge in [-0.25, -0.2) is 4.98 Å². The molecule has 0 aliphatic heterocycles. The topological polar surface area (TPSA) is 49.8 Å². The lowest BCUT2D eigenvalue weighted by atomic mass is 10.1. The Morgan fingerprint density at radius 1 is 1.00 bits per heavy atom. The van der Waals surface area contributed by atoms with E-state index < -0.39 is 11.7 Å². The van der Waals surface area contributed by atoms with Gasteiger partial charge in [-0.05, 0) is 58.8 Å². The number of aryl methyl sites for hydroxylation is 1. The molecule has 0 amide bonds. The number of alkyl halides is 3. The Hall–Kier alpha value is -2.36. The Kier molecular flexibility index (Phi) is 5.83. The van der Waals surface area contributed by atoms with Crippen LogP contribution in [0.3, 0.4) is 0 Å². The minimum atomic E-state index is -4.57. The van der Waals surface area contributed by atoms with Crippen LogP contribution in [0.2, 0.25) is 0 Å². The fourth-order valence-corrected chi connectivity index (χ4v) is 2.91. The summed E-state index contributed by atoms with van der Waals surface area (Å²) < 4.78 is 40.8. The Balaban J connectivity index is 1.93. The molecular weight excluding hydrogens is 468 g/mol. The predicted octanol–water partition coefficient (Wildman–Crippen LogP) is 6.15. The first kappa shape index (κ1) is 19.4. The molecule has 0 aliphatic rings. The van der Waals surface area contributed by atoms with Crippen LogP contribution in [0, 0.1) is 3.57 Å². The smallest absolute Gasteiger partial charge is 0.339 e. The second kappa shape index (κ2) is 8.12. The number of para-hydroxylation sites is 1. The number of hydrogen-bond donors (Lipinski definition) is 2. The molecule has 0 saturated heterocycles. The number of nitrogens with one attached hydrogen (secondary N) is 2. The molecule has 0 radical (unpaired) electrons. The molecule has 8 heteroatoms. The van der Waals surface area contributed by atoms with E-state index in [1.54, 1.807) is 18.2 Å². The van der Waals surface area contributed by atoms with E-state index in [0.29, 0.717) is 11.4 Å². The van der Waals surface area contributed by atoms with E-state index in [2.05, 4.69) is 43.2 Å². The standard InChI is InChI=1S/C19H16F3IN4/c1-2-12-7-9-13(10-8-12)25-18-24-11-14(19(20,21)22)17(27-18)26-16-6-4-3-5-15(16)23/h3-11H,2H2,1H3,(H2,24,25,26,27). The zero-order valence-electron chi connectivity index (χ0n) is 14.3. The van der Waals surface area contributed by atoms with Crippen molar-refractivity contribution in [2.24, 2.45) is 0 Å². The highest BCUT2D eigenvalue weighted by atomic mass is 127. The lowest BCUT2D eigenvalue weighted by Gasteiger charge is -2.15. The van der Waals surface area contributed by atoms with E-state index in [1.165, 1.54) is 0 Å². The molecule has 27 heavy (non-hydrogen) atoms. The molecule has 3 rings (SSSR count). The first-order valence-electron chi connectivity index (χ1n) is 8.18. The summed E-state index contributed by atoms with van der Waals surface area (Å²) in [6, 6.07) is 14.6. The molecule has 2 aromatic carbocycles. The summed E-state index contributed by atoms with van der Waals surface area (Å²) in [5.74, 6) is -0.213. The van der Waals surface area contributed by atoms with Gasteiger partial charge in [-0.1, -0.05) is 31.2 Å². The second-order valence-corrected chi connectivity index (χ2v) is 6.90. The molecule has 0 atom stereocenters. The molecule has 2 N–H and O–H groups in total. The van der Waals surface area contributed by atoms with E-state index in [4.69, 9.17) is 0 Å². The van der Waals surface area contributed by atoms with Gasteiger partial charge in [0.1, 0.15) is 11.4 Å². The summed E-state index contributed by atoms with van der Waals surface area (Å²) >= 11 is 2.05. The van der Waals surface area contributed by atoms with Crippen molar-refractivity contribution in [3.05, 3.63) is 69.4 Å². The molecule has 0 aliphatic carbocycles. The third kappa shape index (κ3) is 4.88. The lowest BCUT2D eigenvalue weighted by molar-refractivity contribution is -0.137. The van der Waals surface area contributed by atoms with E-state index >= 15 is 0 Å². The fraction of sp³-hybridized carbons (Fsp3) is 0.158. The SMILES string of the molecule is CCc1ccc(Nc2ncc(C(F)(F)F)c(Nc3ccccc3I)n2)cc1. The zero-order valence-corrected chi connectivity index (χ0v) is 16.5. The highest BCUT2D eigenvalue weighted by Crippen LogP contribution is 2.36. The fourth-order valence-electron chi connectivity index (χ4n) is 2.39. The summed E-state index contributed by atoms with van der Waals surface area (Å²) in [5.41, 5.74) is 1.48. The average molecular weight is 484 g/mol. The third-order valence-corrected chi connectivity index (χ3v) is 4.78. The highest BCUT2D eigenvalue weighted by molar-refractivity contribution is 14.1. The zero-order chi connectivity index (χ0) is 19.4. The summed E-state index contributed by atoms with van der Waals surface area (Å²) in [6.07, 6.45) is -2.88. The van der Waals surface area contributed by atoms with Crippen molar-refractivity contribution >= 4 is 45.7 Å². The van der Waals surface area contributed by atoms with Crippen molar-refractivity contribution < 1.29 is 13.2 Å². The van der Waals surface area contributed by atoms with Gasteiger partial charge < -0.3 is 10.6 Å². The van der Waals surface area contributed by atoms with Gasteiger partial charge >= 0.3 is 6.18 Å². The Morgan fingerprint density at radius 2 is 1.70 bits per heavy atom. The number of hydrogen-bond acceptors (Lipinski definition) is 4. The maximum absolute atomic E-state index is 13.4. The van der Waals surface area contributed by atoms with Crippen LogP contribution < -0.4 is 10.6 Å². The first-order chi connectivity index (χ1) is 12.9. The largest absolute Gasteiger partial charge is 0.421 e. The molecule has 3 aromatic rings. The maximum atomic E-state index is 13.4. The van der Waals surface area contributed by atoms with Crippen LogP contribution >= 0.6 is 22.6 Å². The summed E-state index contributed by atoms with van der Waals surface area (Å²) in [4.78, 5) is 7.88. The molecule has 0 unspecified atom stereocenters. The normalized spacial score (nSPS) is 11.3. The van der Waals surface area contributed by atoms with Crippen LogP contribution in [-0.4, -0.2) is 9.97 Å². The van der Waals surface area contributed by atoms with Gasteiger partial charge in [-0.2, -0.15) is 18.2 Å². The van der Waals surface area contributed by atoms with Gasteiger partial charge in [-0.3, -0.25) is 0 Å². The average Bonchev–Trinajstić information content (AvgIpc) is 2.63. The van der Waals surface area contributed by atoms with Crippen molar-refractivity contribution in [3.8, 4) is 0 Å². The van der Waals surface area contributed by atoms with Crippen molar-refractivity contribution in [1.29, 1.82) is 0 Å². The van der Waals surface area contributed by atoms with Crippen LogP contribution in [-0.2, 0) is 12.6 Å². The predicted molar refractivity (Wildman–Crippen MR) is 109 cm³/mol. The highest BCUT2D eigenvalue weighted by Gasteiger charge is 2.35. The number of halogens is 4. The third-order valence-electron chi connectivity index (χ3n) is 3.84. The van der Waals surface area contributed by atoms with Crippen LogP contribution in [0.15, 0.2) is 54.7 Å². The molecule has 4 nitrogen and oxygen atoms in total. The number of aromatic nitrogens is 2. The monoisotopic (exact) mass is 484 g/mol. The van der Waals surface area contributed by atoms with E-state index in [9.17, 15) is 13.2 Å². The summed E-state index contributed by atoms with van der Waals surface area (Å²) in [6.45, 7) is 2.05. The summed E-state index contributed by atoms with van der Waals surface area (Å²) in [7, 11) is 0. The van der Waals surface area contributed by atoms with Gasteiger partial charge in [0.25, 0.3) is 0 Å². The number of anilines is 4. The number of nitrogens with zero attached hydrogens (tertiary/aromatic N) is 2. The molecule has 0 fully saturated rings. The Bertz CT molecular complexity index is 927. The van der Waals surface area contributed by atoms with E-state index in [1.807, 2.05) is 37.3 Å². The number of rotatable bonds is 5. The minimum Gasteiger partial charge on any atom is -0.339 e. The second-order valence-electron chi connectivity index (χ2n) is 5.73. The van der Waals surface area contributed by atoms with Crippen LogP contribution in [0.5, 0.6) is 0 Å². The van der Waals surface area contributed by atoms with Crippen LogP contribution in [0.1, 0.15) is 18.1 Å². The van der Waals surface area contributed by atoms with Crippen molar-refractivity contribution in [2.45, 2.75) is 19.5 Å². The molecule has 0 spiro atoms. The Morgan fingerprint density at radius 3 is 2.33 bits per heavy atom. The molecule has 0 bridgehead atoms. The molecule has 1 aromatic heterocycles. The Labute approximate surface area is 168 Å². The van der Waals surface area contributed by atoms with Gasteiger partial charge in [0, 0.05) is 15.5 Å².